The summed E-state index contributed by atoms with van der Waals surface area (Å²) in [5, 5.41) is 4.59. The first-order valence-corrected chi connectivity index (χ1v) is 9.96. The molecule has 0 aliphatic rings. The fourth-order valence-corrected chi connectivity index (χ4v) is 3.19. The lowest BCUT2D eigenvalue weighted by atomic mass is 10.1. The van der Waals surface area contributed by atoms with E-state index in [2.05, 4.69) is 34.1 Å². The quantitative estimate of drug-likeness (QED) is 0.412. The van der Waals surface area contributed by atoms with Crippen molar-refractivity contribution in [2.24, 2.45) is 0 Å². The molecule has 0 saturated heterocycles. The van der Waals surface area contributed by atoms with Crippen LogP contribution in [0, 0.1) is 0 Å². The molecule has 0 bridgehead atoms. The number of hydrogen-bond acceptors (Lipinski definition) is 5. The maximum Gasteiger partial charge on any atom is 0.321 e. The Bertz CT molecular complexity index is 1060. The number of para-hydroxylation sites is 1. The first-order chi connectivity index (χ1) is 14.3. The minimum absolute atomic E-state index is 0.388. The van der Waals surface area contributed by atoms with Gasteiger partial charge in [0, 0.05) is 24.7 Å². The summed E-state index contributed by atoms with van der Waals surface area (Å²) in [4.78, 5) is 11.3. The van der Waals surface area contributed by atoms with E-state index < -0.39 is 0 Å². The molecule has 0 fully saturated rings. The molecule has 4 rings (SSSR count). The predicted octanol–water partition coefficient (Wildman–Crippen LogP) is 4.66. The molecule has 2 aromatic heterocycles. The standard InChI is InChI=1S/C23H25N5O/c1-3-4-15-29-22-25-21-19(16-18-11-7-5-8-12-18)17-24-28(21)23(26-22)27(2)20-13-9-6-10-14-20/h5-14,17H,3-4,15-16H2,1-2H3. The SMILES string of the molecule is CCCCOc1nc(N(C)c2ccccc2)n2ncc(Cc3ccccc3)c2n1. The maximum absolute atomic E-state index is 5.87. The Morgan fingerprint density at radius 2 is 1.69 bits per heavy atom. The number of hydrogen-bond donors (Lipinski definition) is 0. The van der Waals surface area contributed by atoms with Gasteiger partial charge in [-0.1, -0.05) is 61.9 Å². The number of unbranched alkanes of at least 4 members (excludes halogenated alkanes) is 1. The molecular weight excluding hydrogens is 362 g/mol. The molecule has 0 unspecified atom stereocenters. The Morgan fingerprint density at radius 3 is 2.41 bits per heavy atom. The van der Waals surface area contributed by atoms with E-state index in [9.17, 15) is 0 Å². The maximum atomic E-state index is 5.87. The molecule has 4 aromatic rings. The molecule has 0 aliphatic carbocycles. The molecule has 0 aliphatic heterocycles. The van der Waals surface area contributed by atoms with E-state index >= 15 is 0 Å². The molecule has 0 atom stereocenters. The van der Waals surface area contributed by atoms with Gasteiger partial charge in [-0.2, -0.15) is 19.6 Å². The fourth-order valence-electron chi connectivity index (χ4n) is 3.19. The van der Waals surface area contributed by atoms with Crippen molar-refractivity contribution in [1.29, 1.82) is 0 Å². The number of anilines is 2. The smallest absolute Gasteiger partial charge is 0.321 e. The summed E-state index contributed by atoms with van der Waals surface area (Å²) >= 11 is 0. The van der Waals surface area contributed by atoms with Crippen molar-refractivity contribution in [3.63, 3.8) is 0 Å². The van der Waals surface area contributed by atoms with Crippen molar-refractivity contribution in [2.45, 2.75) is 26.2 Å². The van der Waals surface area contributed by atoms with Crippen LogP contribution in [-0.4, -0.2) is 33.2 Å². The van der Waals surface area contributed by atoms with Crippen LogP contribution in [0.25, 0.3) is 5.65 Å². The van der Waals surface area contributed by atoms with Crippen LogP contribution in [0.4, 0.5) is 11.6 Å². The van der Waals surface area contributed by atoms with E-state index in [0.29, 0.717) is 18.6 Å². The molecule has 2 aromatic carbocycles. The van der Waals surface area contributed by atoms with Gasteiger partial charge in [-0.15, -0.1) is 0 Å². The minimum Gasteiger partial charge on any atom is -0.463 e. The third-order valence-electron chi connectivity index (χ3n) is 4.81. The second-order valence-corrected chi connectivity index (χ2v) is 6.97. The average Bonchev–Trinajstić information content (AvgIpc) is 3.17. The molecule has 6 heteroatoms. The fraction of sp³-hybridized carbons (Fsp3) is 0.261. The zero-order chi connectivity index (χ0) is 20.1. The Morgan fingerprint density at radius 1 is 0.966 bits per heavy atom. The van der Waals surface area contributed by atoms with Crippen molar-refractivity contribution in [2.75, 3.05) is 18.6 Å². The van der Waals surface area contributed by atoms with Gasteiger partial charge in [0.15, 0.2) is 5.65 Å². The van der Waals surface area contributed by atoms with Crippen LogP contribution in [0.15, 0.2) is 66.9 Å². The summed E-state index contributed by atoms with van der Waals surface area (Å²) in [7, 11) is 1.98. The third-order valence-corrected chi connectivity index (χ3v) is 4.81. The molecule has 0 saturated carbocycles. The molecule has 0 spiro atoms. The van der Waals surface area contributed by atoms with Gasteiger partial charge in [0.25, 0.3) is 0 Å². The zero-order valence-electron chi connectivity index (χ0n) is 16.8. The first kappa shape index (κ1) is 18.9. The number of fused-ring (bicyclic) bond motifs is 1. The van der Waals surface area contributed by atoms with Gasteiger partial charge in [-0.05, 0) is 24.1 Å². The van der Waals surface area contributed by atoms with Crippen LogP contribution in [0.3, 0.4) is 0 Å². The number of ether oxygens (including phenoxy) is 1. The molecule has 0 N–H and O–H groups in total. The number of aromatic nitrogens is 4. The van der Waals surface area contributed by atoms with Crippen LogP contribution < -0.4 is 9.64 Å². The van der Waals surface area contributed by atoms with Gasteiger partial charge in [0.2, 0.25) is 5.95 Å². The van der Waals surface area contributed by atoms with Crippen LogP contribution in [-0.2, 0) is 6.42 Å². The minimum atomic E-state index is 0.388. The Hall–Kier alpha value is -3.41. The van der Waals surface area contributed by atoms with Crippen LogP contribution in [0.5, 0.6) is 6.01 Å². The van der Waals surface area contributed by atoms with E-state index in [1.807, 2.05) is 66.7 Å². The molecule has 148 valence electrons. The molecule has 29 heavy (non-hydrogen) atoms. The van der Waals surface area contributed by atoms with Gasteiger partial charge in [-0.3, -0.25) is 0 Å². The average molecular weight is 387 g/mol. The summed E-state index contributed by atoms with van der Waals surface area (Å²) < 4.78 is 7.66. The predicted molar refractivity (Wildman–Crippen MR) is 115 cm³/mol. The van der Waals surface area contributed by atoms with Crippen molar-refractivity contribution < 1.29 is 4.74 Å². The van der Waals surface area contributed by atoms with Gasteiger partial charge in [-0.25, -0.2) is 0 Å². The lowest BCUT2D eigenvalue weighted by Crippen LogP contribution is -2.17. The topological polar surface area (TPSA) is 55.5 Å². The summed E-state index contributed by atoms with van der Waals surface area (Å²) in [5.74, 6) is 0.673. The van der Waals surface area contributed by atoms with Gasteiger partial charge in [0.05, 0.1) is 12.8 Å². The van der Waals surface area contributed by atoms with Crippen molar-refractivity contribution in [1.82, 2.24) is 19.6 Å². The van der Waals surface area contributed by atoms with E-state index in [-0.39, 0.29) is 0 Å². The Kier molecular flexibility index (Phi) is 5.70. The first-order valence-electron chi connectivity index (χ1n) is 9.96. The Balaban J connectivity index is 1.76. The number of nitrogens with zero attached hydrogens (tertiary/aromatic N) is 5. The summed E-state index contributed by atoms with van der Waals surface area (Å²) in [6, 6.07) is 20.8. The monoisotopic (exact) mass is 387 g/mol. The molecule has 0 radical (unpaired) electrons. The molecular formula is C23H25N5O. The third kappa shape index (κ3) is 4.21. The normalized spacial score (nSPS) is 11.0. The highest BCUT2D eigenvalue weighted by atomic mass is 16.5. The second kappa shape index (κ2) is 8.73. The molecule has 2 heterocycles. The molecule has 0 amide bonds. The van der Waals surface area contributed by atoms with Crippen molar-refractivity contribution >= 4 is 17.3 Å². The van der Waals surface area contributed by atoms with E-state index in [4.69, 9.17) is 4.74 Å². The number of benzene rings is 2. The van der Waals surface area contributed by atoms with Crippen LogP contribution in [0.2, 0.25) is 0 Å². The zero-order valence-corrected chi connectivity index (χ0v) is 16.8. The van der Waals surface area contributed by atoms with Crippen LogP contribution in [0.1, 0.15) is 30.9 Å². The van der Waals surface area contributed by atoms with Gasteiger partial charge < -0.3 is 9.64 Å². The highest BCUT2D eigenvalue weighted by Gasteiger charge is 2.18. The highest BCUT2D eigenvalue weighted by Crippen LogP contribution is 2.25. The summed E-state index contributed by atoms with van der Waals surface area (Å²) in [6.07, 6.45) is 4.65. The van der Waals surface area contributed by atoms with Crippen LogP contribution >= 0.6 is 0 Å². The number of rotatable bonds is 8. The van der Waals surface area contributed by atoms with E-state index in [1.165, 1.54) is 5.56 Å². The lowest BCUT2D eigenvalue weighted by molar-refractivity contribution is 0.285. The van der Waals surface area contributed by atoms with Crippen molar-refractivity contribution in [3.05, 3.63) is 78.0 Å². The highest BCUT2D eigenvalue weighted by molar-refractivity contribution is 5.61. The Labute approximate surface area is 170 Å². The molecule has 6 nitrogen and oxygen atoms in total. The van der Waals surface area contributed by atoms with E-state index in [1.54, 1.807) is 4.52 Å². The van der Waals surface area contributed by atoms with Gasteiger partial charge in [0.1, 0.15) is 0 Å². The summed E-state index contributed by atoms with van der Waals surface area (Å²) in [6.45, 7) is 2.74. The van der Waals surface area contributed by atoms with Gasteiger partial charge >= 0.3 is 6.01 Å². The second-order valence-electron chi connectivity index (χ2n) is 6.97. The van der Waals surface area contributed by atoms with Crippen molar-refractivity contribution in [3.8, 4) is 6.01 Å². The largest absolute Gasteiger partial charge is 0.463 e. The van der Waals surface area contributed by atoms with E-state index in [0.717, 1.165) is 36.2 Å². The lowest BCUT2D eigenvalue weighted by Gasteiger charge is -2.19. The summed E-state index contributed by atoms with van der Waals surface area (Å²) in [5.41, 5.74) is 4.05.